The van der Waals surface area contributed by atoms with Crippen LogP contribution in [0.3, 0.4) is 0 Å². The number of amides is 2. The Morgan fingerprint density at radius 3 is 2.42 bits per heavy atom. The van der Waals surface area contributed by atoms with Gasteiger partial charge >= 0.3 is 6.03 Å². The Labute approximate surface area is 160 Å². The summed E-state index contributed by atoms with van der Waals surface area (Å²) in [6.45, 7) is 2.43. The van der Waals surface area contributed by atoms with Gasteiger partial charge in [0.25, 0.3) is 0 Å². The van der Waals surface area contributed by atoms with E-state index in [9.17, 15) is 13.2 Å². The first-order valence-corrected chi connectivity index (χ1v) is 11.1. The summed E-state index contributed by atoms with van der Waals surface area (Å²) in [5, 5.41) is 3.39. The first-order valence-electron chi connectivity index (χ1n) is 8.84. The van der Waals surface area contributed by atoms with E-state index in [1.165, 1.54) is 4.31 Å². The number of likely N-dealkylation sites (tertiary alicyclic amines) is 1. The van der Waals surface area contributed by atoms with Gasteiger partial charge in [-0.1, -0.05) is 15.9 Å². The molecule has 2 aliphatic rings. The van der Waals surface area contributed by atoms with E-state index < -0.39 is 10.0 Å². The molecule has 0 spiro atoms. The minimum atomic E-state index is -3.69. The van der Waals surface area contributed by atoms with E-state index >= 15 is 0 Å². The summed E-state index contributed by atoms with van der Waals surface area (Å²) in [6.07, 6.45) is 3.68. The third-order valence-corrected chi connectivity index (χ3v) is 7.48. The fourth-order valence-electron chi connectivity index (χ4n) is 3.66. The number of halogens is 1. The maximum absolute atomic E-state index is 13.3. The van der Waals surface area contributed by atoms with Gasteiger partial charge < -0.3 is 9.88 Å². The Balaban J connectivity index is 1.80. The smallest absolute Gasteiger partial charge is 0.322 e. The summed E-state index contributed by atoms with van der Waals surface area (Å²) in [6, 6.07) is 5.18. The number of H-pyrrole nitrogens is 1. The Hall–Kier alpha value is -1.58. The number of hydrogen-bond donors (Lipinski definition) is 2. The zero-order valence-electron chi connectivity index (χ0n) is 14.3. The lowest BCUT2D eigenvalue weighted by Crippen LogP contribution is -2.33. The van der Waals surface area contributed by atoms with E-state index in [0.717, 1.165) is 30.2 Å². The van der Waals surface area contributed by atoms with Crippen LogP contribution in [0.2, 0.25) is 0 Å². The molecule has 0 saturated carbocycles. The van der Waals surface area contributed by atoms with Crippen molar-refractivity contribution in [2.75, 3.05) is 31.5 Å². The Bertz CT molecular complexity index is 944. The van der Waals surface area contributed by atoms with Gasteiger partial charge in [0.05, 0.1) is 0 Å². The molecular weight excluding hydrogens is 420 g/mol. The summed E-state index contributed by atoms with van der Waals surface area (Å²) < 4.78 is 28.8. The number of benzene rings is 1. The molecule has 0 atom stereocenters. The third-order valence-electron chi connectivity index (χ3n) is 5.00. The van der Waals surface area contributed by atoms with Crippen molar-refractivity contribution in [2.45, 2.75) is 30.6 Å². The van der Waals surface area contributed by atoms with Crippen LogP contribution in [0, 0.1) is 0 Å². The fourth-order valence-corrected chi connectivity index (χ4v) is 5.82. The molecule has 140 valence electrons. The maximum atomic E-state index is 13.3. The van der Waals surface area contributed by atoms with Gasteiger partial charge in [-0.15, -0.1) is 0 Å². The molecule has 26 heavy (non-hydrogen) atoms. The van der Waals surface area contributed by atoms with Crippen LogP contribution in [0.15, 0.2) is 27.6 Å². The van der Waals surface area contributed by atoms with E-state index in [1.807, 2.05) is 12.1 Å². The van der Waals surface area contributed by atoms with Crippen molar-refractivity contribution in [2.24, 2.45) is 0 Å². The van der Waals surface area contributed by atoms with Gasteiger partial charge in [-0.3, -0.25) is 5.32 Å². The second-order valence-corrected chi connectivity index (χ2v) is 9.54. The van der Waals surface area contributed by atoms with Crippen molar-refractivity contribution in [3.63, 3.8) is 0 Å². The Morgan fingerprint density at radius 2 is 1.73 bits per heavy atom. The average molecular weight is 441 g/mol. The number of nitrogens with zero attached hydrogens (tertiary/aromatic N) is 2. The van der Waals surface area contributed by atoms with Crippen molar-refractivity contribution in [3.8, 4) is 0 Å². The first kappa shape index (κ1) is 17.8. The van der Waals surface area contributed by atoms with Gasteiger partial charge in [-0.05, 0) is 43.9 Å². The summed E-state index contributed by atoms with van der Waals surface area (Å²) in [5.41, 5.74) is 0.683. The van der Waals surface area contributed by atoms with Gasteiger partial charge in [-0.25, -0.2) is 13.2 Å². The van der Waals surface area contributed by atoms with Crippen LogP contribution in [0.25, 0.3) is 10.9 Å². The molecular formula is C17H21BrN4O3S. The normalized spacial score (nSPS) is 18.7. The molecule has 0 unspecified atom stereocenters. The van der Waals surface area contributed by atoms with Crippen LogP contribution in [0.5, 0.6) is 0 Å². The van der Waals surface area contributed by atoms with Crippen molar-refractivity contribution in [1.29, 1.82) is 0 Å². The van der Waals surface area contributed by atoms with Crippen molar-refractivity contribution < 1.29 is 13.2 Å². The molecule has 2 fully saturated rings. The number of hydrogen-bond acceptors (Lipinski definition) is 3. The molecule has 2 amide bonds. The summed E-state index contributed by atoms with van der Waals surface area (Å²) in [7, 11) is -3.69. The number of urea groups is 1. The highest BCUT2D eigenvalue weighted by Gasteiger charge is 2.33. The third kappa shape index (κ3) is 3.12. The van der Waals surface area contributed by atoms with Gasteiger partial charge in [0.2, 0.25) is 10.0 Å². The zero-order chi connectivity index (χ0) is 18.3. The molecule has 2 aliphatic heterocycles. The molecule has 2 saturated heterocycles. The molecule has 1 aromatic carbocycles. The summed E-state index contributed by atoms with van der Waals surface area (Å²) in [4.78, 5) is 17.5. The lowest BCUT2D eigenvalue weighted by molar-refractivity contribution is 0.222. The van der Waals surface area contributed by atoms with Crippen LogP contribution in [0.1, 0.15) is 25.7 Å². The number of sulfonamides is 1. The number of carbonyl (C=O) groups is 1. The van der Waals surface area contributed by atoms with Gasteiger partial charge in [0, 0.05) is 41.6 Å². The predicted molar refractivity (Wildman–Crippen MR) is 104 cm³/mol. The summed E-state index contributed by atoms with van der Waals surface area (Å²) >= 11 is 3.41. The molecule has 3 heterocycles. The number of aromatic nitrogens is 1. The van der Waals surface area contributed by atoms with Crippen molar-refractivity contribution in [1.82, 2.24) is 14.2 Å². The second kappa shape index (κ2) is 6.86. The lowest BCUT2D eigenvalue weighted by Gasteiger charge is -2.19. The highest BCUT2D eigenvalue weighted by molar-refractivity contribution is 9.10. The van der Waals surface area contributed by atoms with Crippen LogP contribution in [0.4, 0.5) is 10.6 Å². The second-order valence-electron chi connectivity index (χ2n) is 6.75. The van der Waals surface area contributed by atoms with Crippen LogP contribution < -0.4 is 5.32 Å². The maximum Gasteiger partial charge on any atom is 0.322 e. The summed E-state index contributed by atoms with van der Waals surface area (Å²) in [5.74, 6) is 0.252. The monoisotopic (exact) mass is 440 g/mol. The number of rotatable bonds is 3. The number of anilines is 1. The van der Waals surface area contributed by atoms with Crippen molar-refractivity contribution in [3.05, 3.63) is 22.7 Å². The van der Waals surface area contributed by atoms with Gasteiger partial charge in [0.1, 0.15) is 10.7 Å². The van der Waals surface area contributed by atoms with E-state index in [1.54, 1.807) is 11.0 Å². The Morgan fingerprint density at radius 1 is 1.08 bits per heavy atom. The number of aromatic amines is 1. The van der Waals surface area contributed by atoms with Crippen molar-refractivity contribution >= 4 is 48.7 Å². The molecule has 0 aliphatic carbocycles. The quantitative estimate of drug-likeness (QED) is 0.766. The SMILES string of the molecule is O=C(Nc1[nH]c2ccc(Br)cc2c1S(=O)(=O)N1CCCC1)N1CCCC1. The van der Waals surface area contributed by atoms with Crippen LogP contribution in [-0.4, -0.2) is 54.8 Å². The minimum Gasteiger partial charge on any atom is -0.340 e. The highest BCUT2D eigenvalue weighted by Crippen LogP contribution is 2.35. The molecule has 7 nitrogen and oxygen atoms in total. The lowest BCUT2D eigenvalue weighted by atomic mass is 10.2. The fraction of sp³-hybridized carbons (Fsp3) is 0.471. The number of carbonyl (C=O) groups excluding carboxylic acids is 1. The molecule has 2 N–H and O–H groups in total. The van der Waals surface area contributed by atoms with Gasteiger partial charge in [0.15, 0.2) is 0 Å². The predicted octanol–water partition coefficient (Wildman–Crippen LogP) is 3.34. The van der Waals surface area contributed by atoms with E-state index in [2.05, 4.69) is 26.2 Å². The highest BCUT2D eigenvalue weighted by atomic mass is 79.9. The van der Waals surface area contributed by atoms with Gasteiger partial charge in [-0.2, -0.15) is 4.31 Å². The molecule has 0 radical (unpaired) electrons. The molecule has 9 heteroatoms. The standard InChI is InChI=1S/C17H21BrN4O3S/c18-12-5-6-14-13(11-12)15(26(24,25)22-9-3-4-10-22)16(19-14)20-17(23)21-7-1-2-8-21/h5-6,11,19H,1-4,7-10H2,(H,20,23). The zero-order valence-corrected chi connectivity index (χ0v) is 16.7. The number of fused-ring (bicyclic) bond motifs is 1. The van der Waals surface area contributed by atoms with E-state index in [-0.39, 0.29) is 16.7 Å². The van der Waals surface area contributed by atoms with Crippen LogP contribution in [-0.2, 0) is 10.0 Å². The molecule has 4 rings (SSSR count). The van der Waals surface area contributed by atoms with E-state index in [0.29, 0.717) is 37.1 Å². The number of nitrogens with one attached hydrogen (secondary N) is 2. The van der Waals surface area contributed by atoms with Crippen LogP contribution >= 0.6 is 15.9 Å². The first-order chi connectivity index (χ1) is 12.5. The molecule has 2 aromatic rings. The topological polar surface area (TPSA) is 85.5 Å². The average Bonchev–Trinajstić information content (AvgIpc) is 3.34. The minimum absolute atomic E-state index is 0.156. The van der Waals surface area contributed by atoms with E-state index in [4.69, 9.17) is 0 Å². The molecule has 0 bridgehead atoms. The largest absolute Gasteiger partial charge is 0.340 e. The Kier molecular flexibility index (Phi) is 4.70. The molecule has 1 aromatic heterocycles.